The summed E-state index contributed by atoms with van der Waals surface area (Å²) in [6, 6.07) is 10.1. The van der Waals surface area contributed by atoms with E-state index < -0.39 is 32.2 Å². The Morgan fingerprint density at radius 3 is 2.49 bits per heavy atom. The molecule has 0 saturated carbocycles. The van der Waals surface area contributed by atoms with Crippen LogP contribution in [0.1, 0.15) is 19.4 Å². The van der Waals surface area contributed by atoms with Crippen LogP contribution in [0.5, 0.6) is 11.5 Å². The number of aryl methyl sites for hydroxylation is 1. The van der Waals surface area contributed by atoms with Gasteiger partial charge in [0.2, 0.25) is 15.9 Å². The highest BCUT2D eigenvalue weighted by molar-refractivity contribution is 7.92. The summed E-state index contributed by atoms with van der Waals surface area (Å²) in [6.45, 7) is 3.46. The van der Waals surface area contributed by atoms with Crippen molar-refractivity contribution in [2.24, 2.45) is 13.0 Å². The molecule has 1 amide bonds. The van der Waals surface area contributed by atoms with Crippen molar-refractivity contribution in [2.45, 2.75) is 42.3 Å². The molecule has 1 aromatic heterocycles. The van der Waals surface area contributed by atoms with Gasteiger partial charge in [-0.1, -0.05) is 6.92 Å². The molecule has 0 fully saturated rings. The molecule has 13 nitrogen and oxygen atoms in total. The maximum Gasteiger partial charge on any atom is 0.280 e. The van der Waals surface area contributed by atoms with Crippen LogP contribution in [-0.2, 0) is 38.3 Å². The minimum Gasteiger partial charge on any atom is -0.497 e. The van der Waals surface area contributed by atoms with Crippen LogP contribution in [0, 0.1) is 5.92 Å². The lowest BCUT2D eigenvalue weighted by atomic mass is 10.0. The second-order valence-corrected chi connectivity index (χ2v) is 14.3. The number of anilines is 1. The maximum absolute atomic E-state index is 13.5. The number of aromatic nitrogens is 2. The lowest BCUT2D eigenvalue weighted by molar-refractivity contribution is -0.134. The predicted octanol–water partition coefficient (Wildman–Crippen LogP) is 1.70. The maximum atomic E-state index is 13.5. The summed E-state index contributed by atoms with van der Waals surface area (Å²) in [5.41, 5.74) is 0.603. The summed E-state index contributed by atoms with van der Waals surface area (Å²) in [4.78, 5) is 19.0. The number of likely N-dealkylation sites (N-methyl/N-ethyl adjacent to an activating group) is 1. The molecular formula is C28H37N5O8S2. The van der Waals surface area contributed by atoms with Crippen molar-refractivity contribution < 1.29 is 36.2 Å². The molecule has 0 bridgehead atoms. The monoisotopic (exact) mass is 635 g/mol. The van der Waals surface area contributed by atoms with E-state index in [0.717, 1.165) is 0 Å². The second kappa shape index (κ2) is 12.9. The summed E-state index contributed by atoms with van der Waals surface area (Å²) >= 11 is 0. The van der Waals surface area contributed by atoms with E-state index >= 15 is 0 Å². The van der Waals surface area contributed by atoms with E-state index in [4.69, 9.17) is 9.47 Å². The Labute approximate surface area is 252 Å². The molecular weight excluding hydrogens is 598 g/mol. The van der Waals surface area contributed by atoms with Crippen molar-refractivity contribution in [3.8, 4) is 11.5 Å². The molecule has 3 atom stereocenters. The van der Waals surface area contributed by atoms with Gasteiger partial charge < -0.3 is 24.0 Å². The third-order valence-electron chi connectivity index (χ3n) is 7.33. The van der Waals surface area contributed by atoms with Crippen molar-refractivity contribution in [3.05, 3.63) is 60.6 Å². The van der Waals surface area contributed by atoms with E-state index in [0.29, 0.717) is 17.1 Å². The molecule has 234 valence electrons. The Morgan fingerprint density at radius 2 is 1.88 bits per heavy atom. The molecule has 2 aromatic carbocycles. The van der Waals surface area contributed by atoms with Crippen molar-refractivity contribution in [1.29, 1.82) is 0 Å². The lowest BCUT2D eigenvalue weighted by Crippen LogP contribution is -2.48. The smallest absolute Gasteiger partial charge is 0.280 e. The molecule has 2 heterocycles. The fourth-order valence-electron chi connectivity index (χ4n) is 4.73. The largest absolute Gasteiger partial charge is 0.497 e. The van der Waals surface area contributed by atoms with Crippen LogP contribution in [0.4, 0.5) is 5.69 Å². The summed E-state index contributed by atoms with van der Waals surface area (Å²) < 4.78 is 69.3. The number of sulfonamides is 2. The molecule has 15 heteroatoms. The number of fused-ring (bicyclic) bond motifs is 1. The van der Waals surface area contributed by atoms with Gasteiger partial charge in [0.25, 0.3) is 10.0 Å². The number of benzene rings is 2. The summed E-state index contributed by atoms with van der Waals surface area (Å²) in [5.74, 6) is 0.207. The minimum absolute atomic E-state index is 0.0431. The van der Waals surface area contributed by atoms with Gasteiger partial charge >= 0.3 is 0 Å². The average Bonchev–Trinajstić information content (AvgIpc) is 3.43. The third kappa shape index (κ3) is 7.29. The zero-order valence-corrected chi connectivity index (χ0v) is 26.3. The number of amides is 1. The first-order valence-corrected chi connectivity index (χ1v) is 16.5. The zero-order valence-electron chi connectivity index (χ0n) is 24.7. The Hall–Kier alpha value is -3.66. The second-order valence-electron chi connectivity index (χ2n) is 10.7. The molecule has 0 radical (unpaired) electrons. The first-order valence-electron chi connectivity index (χ1n) is 13.6. The highest BCUT2D eigenvalue weighted by atomic mass is 32.2. The number of methoxy groups -OCH3 is 1. The number of nitrogens with one attached hydrogen (secondary N) is 1. The van der Waals surface area contributed by atoms with Gasteiger partial charge in [-0.25, -0.2) is 13.4 Å². The van der Waals surface area contributed by atoms with E-state index in [2.05, 4.69) is 9.71 Å². The zero-order chi connectivity index (χ0) is 31.5. The Balaban J connectivity index is 1.67. The molecule has 2 N–H and O–H groups in total. The van der Waals surface area contributed by atoms with Gasteiger partial charge in [-0.2, -0.15) is 12.7 Å². The van der Waals surface area contributed by atoms with E-state index in [-0.39, 0.29) is 53.6 Å². The molecule has 0 aliphatic carbocycles. The van der Waals surface area contributed by atoms with Gasteiger partial charge in [0.15, 0.2) is 5.03 Å². The van der Waals surface area contributed by atoms with E-state index in [9.17, 15) is 26.7 Å². The van der Waals surface area contributed by atoms with Gasteiger partial charge in [0.05, 0.1) is 43.9 Å². The van der Waals surface area contributed by atoms with Crippen molar-refractivity contribution in [1.82, 2.24) is 18.8 Å². The quantitative estimate of drug-likeness (QED) is 0.338. The number of imidazole rings is 1. The standard InChI is InChI=1S/C28H37N5O8S2/c1-19-14-33(20(2)17-34)28(35)13-21-12-22(30-42(36,37)27-16-31(3)18-29-27)6-11-25(21)41-26(19)15-32(4)43(38,39)24-9-7-23(40-5)8-10-24/h6-12,16,18-20,26,30,34H,13-15,17H2,1-5H3/t19-,20-,26+/m0/s1. The summed E-state index contributed by atoms with van der Waals surface area (Å²) in [7, 11) is -3.30. The number of aliphatic hydroxyl groups is 1. The highest BCUT2D eigenvalue weighted by Crippen LogP contribution is 2.30. The molecule has 0 spiro atoms. The van der Waals surface area contributed by atoms with Crippen LogP contribution < -0.4 is 14.2 Å². The number of nitrogens with zero attached hydrogens (tertiary/aromatic N) is 4. The highest BCUT2D eigenvalue weighted by Gasteiger charge is 2.33. The number of carbonyl (C=O) groups excluding carboxylic acids is 1. The normalized spacial score (nSPS) is 18.7. The van der Waals surface area contributed by atoms with Crippen LogP contribution >= 0.6 is 0 Å². The van der Waals surface area contributed by atoms with Gasteiger partial charge in [-0.15, -0.1) is 0 Å². The van der Waals surface area contributed by atoms with E-state index in [1.54, 1.807) is 37.1 Å². The van der Waals surface area contributed by atoms with Crippen LogP contribution in [0.25, 0.3) is 0 Å². The number of hydrogen-bond donors (Lipinski definition) is 2. The van der Waals surface area contributed by atoms with Crippen LogP contribution in [-0.4, -0.2) is 92.6 Å². The molecule has 4 rings (SSSR count). The third-order valence-corrected chi connectivity index (χ3v) is 10.4. The van der Waals surface area contributed by atoms with Crippen molar-refractivity contribution >= 4 is 31.6 Å². The molecule has 43 heavy (non-hydrogen) atoms. The van der Waals surface area contributed by atoms with Gasteiger partial charge in [0.1, 0.15) is 17.6 Å². The SMILES string of the molecule is COc1ccc(S(=O)(=O)N(C)C[C@H]2Oc3ccc(NS(=O)(=O)c4cn(C)cn4)cc3CC(=O)N([C@@H](C)CO)C[C@@H]2C)cc1. The number of hydrogen-bond acceptors (Lipinski definition) is 9. The van der Waals surface area contributed by atoms with Gasteiger partial charge in [0, 0.05) is 44.0 Å². The van der Waals surface area contributed by atoms with Crippen LogP contribution in [0.3, 0.4) is 0 Å². The lowest BCUT2D eigenvalue weighted by Gasteiger charge is -2.33. The Bertz CT molecular complexity index is 1660. The van der Waals surface area contributed by atoms with Crippen molar-refractivity contribution in [2.75, 3.05) is 38.6 Å². The predicted molar refractivity (Wildman–Crippen MR) is 159 cm³/mol. The number of carbonyl (C=O) groups is 1. The fraction of sp³-hybridized carbons (Fsp3) is 0.429. The fourth-order valence-corrected chi connectivity index (χ4v) is 6.94. The summed E-state index contributed by atoms with van der Waals surface area (Å²) in [5, 5.41) is 9.71. The first kappa shape index (κ1) is 32.3. The van der Waals surface area contributed by atoms with E-state index in [1.165, 1.54) is 59.8 Å². The van der Waals surface area contributed by atoms with Crippen LogP contribution in [0.15, 0.2) is 64.9 Å². The van der Waals surface area contributed by atoms with Gasteiger partial charge in [-0.05, 0) is 49.4 Å². The molecule has 1 aliphatic heterocycles. The number of rotatable bonds is 10. The molecule has 0 unspecified atom stereocenters. The molecule has 0 saturated heterocycles. The summed E-state index contributed by atoms with van der Waals surface area (Å²) in [6.07, 6.45) is 1.91. The first-order chi connectivity index (χ1) is 20.2. The molecule has 1 aliphatic rings. The number of aliphatic hydroxyl groups excluding tert-OH is 1. The van der Waals surface area contributed by atoms with E-state index in [1.807, 2.05) is 6.92 Å². The number of ether oxygens (including phenoxy) is 2. The Kier molecular flexibility index (Phi) is 9.69. The van der Waals surface area contributed by atoms with Gasteiger partial charge in [-0.3, -0.25) is 9.52 Å². The van der Waals surface area contributed by atoms with Crippen molar-refractivity contribution in [3.63, 3.8) is 0 Å². The minimum atomic E-state index is -4.00. The Morgan fingerprint density at radius 1 is 1.19 bits per heavy atom. The average molecular weight is 636 g/mol. The topological polar surface area (TPSA) is 160 Å². The van der Waals surface area contributed by atoms with Crippen LogP contribution in [0.2, 0.25) is 0 Å². The molecule has 3 aromatic rings.